The van der Waals surface area contributed by atoms with Crippen LogP contribution in [0.25, 0.3) is 5.52 Å². The van der Waals surface area contributed by atoms with Gasteiger partial charge in [-0.3, -0.25) is 14.4 Å². The zero-order valence-electron chi connectivity index (χ0n) is 18.7. The van der Waals surface area contributed by atoms with E-state index in [-0.39, 0.29) is 24.7 Å². The summed E-state index contributed by atoms with van der Waals surface area (Å²) in [5.74, 6) is -0.537. The van der Waals surface area contributed by atoms with Gasteiger partial charge in [-0.2, -0.15) is 5.10 Å². The predicted octanol–water partition coefficient (Wildman–Crippen LogP) is 3.37. The van der Waals surface area contributed by atoms with Crippen LogP contribution >= 0.6 is 0 Å². The van der Waals surface area contributed by atoms with Crippen LogP contribution in [0, 0.1) is 13.8 Å². The average molecular weight is 438 g/mol. The highest BCUT2D eigenvalue weighted by molar-refractivity contribution is 6.06. The maximum absolute atomic E-state index is 12.5. The maximum Gasteiger partial charge on any atom is 0.313 e. The van der Waals surface area contributed by atoms with E-state index < -0.39 is 5.97 Å². The lowest BCUT2D eigenvalue weighted by Crippen LogP contribution is -2.24. The van der Waals surface area contributed by atoms with Crippen LogP contribution in [0.3, 0.4) is 0 Å². The van der Waals surface area contributed by atoms with E-state index in [0.717, 1.165) is 17.5 Å². The zero-order valence-corrected chi connectivity index (χ0v) is 18.7. The van der Waals surface area contributed by atoms with Crippen molar-refractivity contribution in [3.8, 4) is 0 Å². The molecule has 0 fully saturated rings. The molecule has 0 aliphatic rings. The minimum Gasteiger partial charge on any atom is -0.466 e. The average Bonchev–Trinajstić information content (AvgIpc) is 3.11. The van der Waals surface area contributed by atoms with Gasteiger partial charge < -0.3 is 15.4 Å². The normalized spacial score (nSPS) is 10.8. The highest BCUT2D eigenvalue weighted by atomic mass is 16.5. The van der Waals surface area contributed by atoms with Crippen molar-refractivity contribution in [2.24, 2.45) is 0 Å². The van der Waals surface area contributed by atoms with Crippen molar-refractivity contribution in [3.05, 3.63) is 53.0 Å². The molecule has 0 saturated carbocycles. The fourth-order valence-electron chi connectivity index (χ4n) is 3.32. The molecule has 0 bridgehead atoms. The van der Waals surface area contributed by atoms with Crippen molar-refractivity contribution in [1.82, 2.24) is 19.9 Å². The first-order valence-electron chi connectivity index (χ1n) is 10.5. The fraction of sp³-hybridized carbons (Fsp3) is 0.348. The van der Waals surface area contributed by atoms with Crippen LogP contribution in [0.1, 0.15) is 58.5 Å². The number of ketones is 1. The number of benzene rings is 1. The highest BCUT2D eigenvalue weighted by Crippen LogP contribution is 2.27. The van der Waals surface area contributed by atoms with Gasteiger partial charge in [0.1, 0.15) is 18.3 Å². The number of aromatic nitrogens is 3. The van der Waals surface area contributed by atoms with Crippen molar-refractivity contribution >= 4 is 34.7 Å². The minimum atomic E-state index is -0.553. The van der Waals surface area contributed by atoms with Crippen LogP contribution in [-0.2, 0) is 9.53 Å². The molecule has 3 rings (SSSR count). The Morgan fingerprint density at radius 2 is 1.94 bits per heavy atom. The Hall–Kier alpha value is -3.75. The molecule has 32 heavy (non-hydrogen) atoms. The first kappa shape index (κ1) is 22.9. The van der Waals surface area contributed by atoms with Gasteiger partial charge in [0.25, 0.3) is 5.91 Å². The molecule has 2 heterocycles. The van der Waals surface area contributed by atoms with Crippen LogP contribution < -0.4 is 10.6 Å². The van der Waals surface area contributed by atoms with Gasteiger partial charge in [0.05, 0.1) is 12.2 Å². The Morgan fingerprint density at radius 1 is 1.16 bits per heavy atom. The third-order valence-electron chi connectivity index (χ3n) is 5.03. The second kappa shape index (κ2) is 10.0. The molecule has 0 unspecified atom stereocenters. The van der Waals surface area contributed by atoms with Gasteiger partial charge in [0.2, 0.25) is 0 Å². The fourth-order valence-corrected chi connectivity index (χ4v) is 3.32. The summed E-state index contributed by atoms with van der Waals surface area (Å²) in [6.45, 7) is 8.25. The SMILES string of the molecule is CCCNC(=O)c1cn2ncnc(Nc3cc(C(=O)CC(=O)OCC)ccc3C)c2c1C. The number of carbonyl (C=O) groups excluding carboxylic acids is 3. The Labute approximate surface area is 186 Å². The van der Waals surface area contributed by atoms with Crippen molar-refractivity contribution in [3.63, 3.8) is 0 Å². The van der Waals surface area contributed by atoms with E-state index in [2.05, 4.69) is 20.7 Å². The number of nitrogens with zero attached hydrogens (tertiary/aromatic N) is 3. The highest BCUT2D eigenvalue weighted by Gasteiger charge is 2.19. The Balaban J connectivity index is 1.92. The standard InChI is InChI=1S/C23H27N5O4/c1-5-9-24-23(31)17-12-28-21(15(17)4)22(25-13-26-28)27-18-10-16(8-7-14(18)3)19(29)11-20(30)32-6-2/h7-8,10,12-13H,5-6,9,11H2,1-4H3,(H,24,31)(H,25,26,27). The minimum absolute atomic E-state index is 0.163. The van der Waals surface area contributed by atoms with Crippen LogP contribution in [0.2, 0.25) is 0 Å². The third kappa shape index (κ3) is 4.93. The van der Waals surface area contributed by atoms with Crippen LogP contribution in [0.4, 0.5) is 11.5 Å². The molecule has 0 atom stereocenters. The predicted molar refractivity (Wildman–Crippen MR) is 120 cm³/mol. The number of rotatable bonds is 9. The van der Waals surface area contributed by atoms with E-state index in [9.17, 15) is 14.4 Å². The number of carbonyl (C=O) groups is 3. The number of hydrogen-bond donors (Lipinski definition) is 2. The molecular formula is C23H27N5O4. The topological polar surface area (TPSA) is 115 Å². The van der Waals surface area contributed by atoms with E-state index in [4.69, 9.17) is 4.74 Å². The molecule has 0 radical (unpaired) electrons. The van der Waals surface area contributed by atoms with Gasteiger partial charge in [-0.1, -0.05) is 19.1 Å². The number of amides is 1. The summed E-state index contributed by atoms with van der Waals surface area (Å²) in [6, 6.07) is 5.16. The van der Waals surface area contributed by atoms with Crippen LogP contribution in [-0.4, -0.2) is 45.4 Å². The Bertz CT molecular complexity index is 1170. The molecule has 9 nitrogen and oxygen atoms in total. The molecule has 0 saturated heterocycles. The monoisotopic (exact) mass is 437 g/mol. The lowest BCUT2D eigenvalue weighted by molar-refractivity contribution is -0.141. The van der Waals surface area contributed by atoms with E-state index in [0.29, 0.717) is 34.7 Å². The van der Waals surface area contributed by atoms with E-state index in [1.165, 1.54) is 6.33 Å². The molecule has 168 valence electrons. The van der Waals surface area contributed by atoms with Crippen LogP contribution in [0.15, 0.2) is 30.7 Å². The number of aryl methyl sites for hydroxylation is 2. The Morgan fingerprint density at radius 3 is 2.66 bits per heavy atom. The van der Waals surface area contributed by atoms with Crippen LogP contribution in [0.5, 0.6) is 0 Å². The molecular weight excluding hydrogens is 410 g/mol. The largest absolute Gasteiger partial charge is 0.466 e. The Kier molecular flexibility index (Phi) is 7.19. The second-order valence-electron chi connectivity index (χ2n) is 7.39. The van der Waals surface area contributed by atoms with Crippen molar-refractivity contribution in [2.75, 3.05) is 18.5 Å². The number of Topliss-reactive ketones (excluding diaryl/α,β-unsaturated/α-hetero) is 1. The molecule has 1 amide bonds. The molecule has 0 aliphatic carbocycles. The molecule has 0 aliphatic heterocycles. The first-order chi connectivity index (χ1) is 15.3. The lowest BCUT2D eigenvalue weighted by Gasteiger charge is -2.12. The number of hydrogen-bond acceptors (Lipinski definition) is 7. The smallest absolute Gasteiger partial charge is 0.313 e. The number of esters is 1. The first-order valence-corrected chi connectivity index (χ1v) is 10.5. The summed E-state index contributed by atoms with van der Waals surface area (Å²) in [6.07, 6.45) is 3.60. The van der Waals surface area contributed by atoms with Gasteiger partial charge in [-0.05, 0) is 44.4 Å². The van der Waals surface area contributed by atoms with E-state index >= 15 is 0 Å². The van der Waals surface area contributed by atoms with E-state index in [1.807, 2.05) is 20.8 Å². The zero-order chi connectivity index (χ0) is 23.3. The molecule has 3 aromatic rings. The molecule has 0 spiro atoms. The maximum atomic E-state index is 12.5. The van der Waals surface area contributed by atoms with Crippen molar-refractivity contribution in [2.45, 2.75) is 40.5 Å². The number of anilines is 2. The summed E-state index contributed by atoms with van der Waals surface area (Å²) in [7, 11) is 0. The summed E-state index contributed by atoms with van der Waals surface area (Å²) in [4.78, 5) is 41.0. The molecule has 2 N–H and O–H groups in total. The third-order valence-corrected chi connectivity index (χ3v) is 5.03. The van der Waals surface area contributed by atoms with Gasteiger partial charge in [0.15, 0.2) is 11.6 Å². The number of nitrogens with one attached hydrogen (secondary N) is 2. The molecule has 1 aromatic carbocycles. The summed E-state index contributed by atoms with van der Waals surface area (Å²) < 4.78 is 6.47. The quantitative estimate of drug-likeness (QED) is 0.300. The van der Waals surface area contributed by atoms with Crippen molar-refractivity contribution < 1.29 is 19.1 Å². The van der Waals surface area contributed by atoms with Gasteiger partial charge in [0, 0.05) is 24.0 Å². The second-order valence-corrected chi connectivity index (χ2v) is 7.39. The lowest BCUT2D eigenvalue weighted by atomic mass is 10.0. The molecule has 9 heteroatoms. The number of fused-ring (bicyclic) bond motifs is 1. The summed E-state index contributed by atoms with van der Waals surface area (Å²) in [5.41, 5.74) is 3.88. The van der Waals surface area contributed by atoms with Gasteiger partial charge >= 0.3 is 5.97 Å². The van der Waals surface area contributed by atoms with E-state index in [1.54, 1.807) is 35.8 Å². The van der Waals surface area contributed by atoms with Gasteiger partial charge in [-0.15, -0.1) is 0 Å². The summed E-state index contributed by atoms with van der Waals surface area (Å²) >= 11 is 0. The summed E-state index contributed by atoms with van der Waals surface area (Å²) in [5, 5.41) is 10.4. The van der Waals surface area contributed by atoms with Crippen molar-refractivity contribution in [1.29, 1.82) is 0 Å². The van der Waals surface area contributed by atoms with Gasteiger partial charge in [-0.25, -0.2) is 9.50 Å². The number of ether oxygens (including phenoxy) is 1. The molecule has 2 aromatic heterocycles.